The molecule has 0 amide bonds. The second-order valence-corrected chi connectivity index (χ2v) is 11.3. The highest BCUT2D eigenvalue weighted by molar-refractivity contribution is 7.92. The van der Waals surface area contributed by atoms with E-state index >= 15 is 0 Å². The van der Waals surface area contributed by atoms with Gasteiger partial charge in [-0.15, -0.1) is 0 Å². The fourth-order valence-corrected chi connectivity index (χ4v) is 6.54. The van der Waals surface area contributed by atoms with Crippen molar-refractivity contribution in [1.29, 1.82) is 0 Å². The number of aromatic amines is 2. The van der Waals surface area contributed by atoms with E-state index in [4.69, 9.17) is 0 Å². The van der Waals surface area contributed by atoms with Crippen molar-refractivity contribution in [3.8, 4) is 11.3 Å². The number of anilines is 1. The van der Waals surface area contributed by atoms with Gasteiger partial charge in [0.2, 0.25) is 0 Å². The van der Waals surface area contributed by atoms with Crippen molar-refractivity contribution in [3.63, 3.8) is 0 Å². The first-order chi connectivity index (χ1) is 20.0. The Labute approximate surface area is 234 Å². The molecule has 14 heteroatoms. The van der Waals surface area contributed by atoms with E-state index in [1.807, 2.05) is 30.5 Å². The fraction of sp³-hybridized carbons (Fsp3) is 0.107. The van der Waals surface area contributed by atoms with E-state index in [9.17, 15) is 30.4 Å². The van der Waals surface area contributed by atoms with Crippen LogP contribution in [-0.2, 0) is 16.2 Å². The first kappa shape index (κ1) is 27.3. The molecule has 0 saturated carbocycles. The molecule has 1 aliphatic rings. The van der Waals surface area contributed by atoms with Crippen LogP contribution in [0.2, 0.25) is 0 Å². The van der Waals surface area contributed by atoms with Gasteiger partial charge in [-0.2, -0.15) is 23.4 Å². The molecular weight excluding hydrogens is 579 g/mol. The van der Waals surface area contributed by atoms with Gasteiger partial charge in [-0.05, 0) is 43.3 Å². The minimum Gasteiger partial charge on any atom is -0.277 e. The summed E-state index contributed by atoms with van der Waals surface area (Å²) in [6, 6.07) is 11.7. The number of alkyl halides is 3. The second kappa shape index (κ2) is 9.91. The summed E-state index contributed by atoms with van der Waals surface area (Å²) in [6.45, 7) is 1.51. The van der Waals surface area contributed by atoms with Crippen molar-refractivity contribution in [1.82, 2.24) is 25.4 Å². The molecule has 214 valence electrons. The number of pyridine rings is 1. The van der Waals surface area contributed by atoms with E-state index in [0.717, 1.165) is 50.4 Å². The summed E-state index contributed by atoms with van der Waals surface area (Å²) < 4.78 is 93.5. The second-order valence-electron chi connectivity index (χ2n) is 9.46. The summed E-state index contributed by atoms with van der Waals surface area (Å²) in [6.07, 6.45) is 0.356. The van der Waals surface area contributed by atoms with Gasteiger partial charge in [-0.1, -0.05) is 18.2 Å². The molecule has 0 saturated heterocycles. The molecule has 1 unspecified atom stereocenters. The van der Waals surface area contributed by atoms with Crippen LogP contribution in [0.4, 0.5) is 27.6 Å². The lowest BCUT2D eigenvalue weighted by atomic mass is 9.97. The van der Waals surface area contributed by atoms with E-state index < -0.39 is 44.3 Å². The maximum Gasteiger partial charge on any atom is 0.416 e. The monoisotopic (exact) mass is 598 g/mol. The lowest BCUT2D eigenvalue weighted by Crippen LogP contribution is -2.36. The Balaban J connectivity index is 0.000000200. The van der Waals surface area contributed by atoms with E-state index in [-0.39, 0.29) is 11.3 Å². The number of H-pyrrole nitrogens is 2. The van der Waals surface area contributed by atoms with Crippen LogP contribution in [0.1, 0.15) is 24.1 Å². The van der Waals surface area contributed by atoms with Crippen molar-refractivity contribution in [3.05, 3.63) is 102 Å². The highest BCUT2D eigenvalue weighted by Crippen LogP contribution is 2.47. The number of benzene rings is 3. The number of hydrogen-bond acceptors (Lipinski definition) is 5. The van der Waals surface area contributed by atoms with Gasteiger partial charge < -0.3 is 0 Å². The summed E-state index contributed by atoms with van der Waals surface area (Å²) >= 11 is 0. The lowest BCUT2D eigenvalue weighted by molar-refractivity contribution is -0.137. The van der Waals surface area contributed by atoms with Gasteiger partial charge in [0.25, 0.3) is 10.0 Å². The maximum atomic E-state index is 13.9. The summed E-state index contributed by atoms with van der Waals surface area (Å²) in [5.74, 6) is -2.43. The van der Waals surface area contributed by atoms with Crippen molar-refractivity contribution in [2.24, 2.45) is 0 Å². The fourth-order valence-electron chi connectivity index (χ4n) is 4.89. The van der Waals surface area contributed by atoms with Gasteiger partial charge in [0.1, 0.15) is 0 Å². The number of hydrogen-bond donors (Lipinski definition) is 2. The quantitative estimate of drug-likeness (QED) is 0.214. The lowest BCUT2D eigenvalue weighted by Gasteiger charge is -2.35. The van der Waals surface area contributed by atoms with Crippen LogP contribution in [0.15, 0.2) is 84.1 Å². The van der Waals surface area contributed by atoms with Crippen LogP contribution < -0.4 is 4.31 Å². The van der Waals surface area contributed by atoms with Crippen molar-refractivity contribution in [2.75, 3.05) is 4.31 Å². The molecular formula is C28H19F5N6O2S. The van der Waals surface area contributed by atoms with Gasteiger partial charge >= 0.3 is 6.18 Å². The molecule has 0 radical (unpaired) electrons. The van der Waals surface area contributed by atoms with Crippen LogP contribution in [0.5, 0.6) is 0 Å². The van der Waals surface area contributed by atoms with E-state index in [0.29, 0.717) is 23.4 Å². The van der Waals surface area contributed by atoms with Crippen LogP contribution in [0, 0.1) is 11.6 Å². The molecule has 7 rings (SSSR count). The van der Waals surface area contributed by atoms with Gasteiger partial charge in [-0.25, -0.2) is 17.2 Å². The predicted molar refractivity (Wildman–Crippen MR) is 145 cm³/mol. The molecule has 8 nitrogen and oxygen atoms in total. The van der Waals surface area contributed by atoms with E-state index in [2.05, 4.69) is 25.4 Å². The van der Waals surface area contributed by atoms with Crippen LogP contribution >= 0.6 is 0 Å². The summed E-state index contributed by atoms with van der Waals surface area (Å²) in [4.78, 5) is 3.90. The zero-order valence-corrected chi connectivity index (χ0v) is 22.3. The molecule has 1 aliphatic heterocycles. The Bertz CT molecular complexity index is 2060. The Morgan fingerprint density at radius 3 is 2.31 bits per heavy atom. The van der Waals surface area contributed by atoms with Crippen molar-refractivity contribution < 1.29 is 30.4 Å². The predicted octanol–water partition coefficient (Wildman–Crippen LogP) is 6.75. The first-order valence-electron chi connectivity index (χ1n) is 12.4. The zero-order valence-electron chi connectivity index (χ0n) is 21.5. The molecule has 6 aromatic rings. The molecule has 0 spiro atoms. The molecule has 42 heavy (non-hydrogen) atoms. The molecule has 4 heterocycles. The molecule has 0 aliphatic carbocycles. The normalized spacial score (nSPS) is 14.8. The molecule has 1 atom stereocenters. The third-order valence-electron chi connectivity index (χ3n) is 6.94. The van der Waals surface area contributed by atoms with Gasteiger partial charge in [0.15, 0.2) is 11.6 Å². The zero-order chi connectivity index (χ0) is 29.8. The summed E-state index contributed by atoms with van der Waals surface area (Å²) in [7, 11) is -4.40. The molecule has 3 aromatic heterocycles. The Morgan fingerprint density at radius 1 is 0.881 bits per heavy atom. The number of halogens is 5. The summed E-state index contributed by atoms with van der Waals surface area (Å²) in [5, 5.41) is 15.6. The third kappa shape index (κ3) is 4.53. The third-order valence-corrected chi connectivity index (χ3v) is 8.84. The number of rotatable bonds is 2. The van der Waals surface area contributed by atoms with Crippen LogP contribution in [0.3, 0.4) is 0 Å². The molecule has 0 bridgehead atoms. The number of nitrogens with zero attached hydrogens (tertiary/aromatic N) is 4. The molecule has 2 N–H and O–H groups in total. The number of nitrogens with one attached hydrogen (secondary N) is 2. The number of fused-ring (bicyclic) bond motifs is 6. The highest BCUT2D eigenvalue weighted by Gasteiger charge is 2.39. The van der Waals surface area contributed by atoms with E-state index in [1.54, 1.807) is 6.20 Å². The minimum atomic E-state index is -4.63. The molecule has 0 fully saturated rings. The van der Waals surface area contributed by atoms with Crippen LogP contribution in [-0.4, -0.2) is 33.8 Å². The SMILES string of the molecule is CC1c2cn[nH]c2-c2cc(F)c(F)cc2N1S(=O)(=O)c1ccc(C(F)(F)F)cc1.c1ccc2c(c1)ncc1cn[nH]c12. The van der Waals surface area contributed by atoms with Crippen LogP contribution in [0.25, 0.3) is 33.1 Å². The number of sulfonamides is 1. The maximum absolute atomic E-state index is 13.9. The topological polar surface area (TPSA) is 108 Å². The average Bonchev–Trinajstić information content (AvgIpc) is 3.65. The Morgan fingerprint density at radius 2 is 1.57 bits per heavy atom. The van der Waals surface area contributed by atoms with E-state index in [1.165, 1.54) is 13.1 Å². The standard InChI is InChI=1S/C18H12F5N3O2S.C10H7N3/c1-9-13-8-24-25-17(13)12-6-14(19)15(20)7-16(12)26(9)29(27,28)11-4-2-10(3-5-11)18(21,22)23;1-2-4-9-8(3-1)10-7(5-11-9)6-12-13-10/h2-9H,1H3,(H,24,25);1-6H,(H,12,13). The first-order valence-corrected chi connectivity index (χ1v) is 13.8. The number of para-hydroxylation sites is 1. The summed E-state index contributed by atoms with van der Waals surface area (Å²) in [5.41, 5.74) is 1.74. The van der Waals surface area contributed by atoms with Crippen molar-refractivity contribution in [2.45, 2.75) is 24.0 Å². The largest absolute Gasteiger partial charge is 0.416 e. The Kier molecular flexibility index (Phi) is 6.44. The van der Waals surface area contributed by atoms with Gasteiger partial charge in [0.05, 0.1) is 51.3 Å². The smallest absolute Gasteiger partial charge is 0.277 e. The van der Waals surface area contributed by atoms with Gasteiger partial charge in [-0.3, -0.25) is 19.5 Å². The average molecular weight is 599 g/mol. The Hall–Kier alpha value is -4.85. The number of aromatic nitrogens is 5. The minimum absolute atomic E-state index is 0.0741. The highest BCUT2D eigenvalue weighted by atomic mass is 32.2. The van der Waals surface area contributed by atoms with Gasteiger partial charge in [0, 0.05) is 34.2 Å². The molecule has 3 aromatic carbocycles. The van der Waals surface area contributed by atoms with Crippen molar-refractivity contribution >= 4 is 37.5 Å².